The molecule has 0 spiro atoms. The number of phenolic OH excluding ortho intramolecular Hbond substituents is 1. The van der Waals surface area contributed by atoms with Gasteiger partial charge >= 0.3 is 0 Å². The van der Waals surface area contributed by atoms with E-state index in [1.165, 1.54) is 11.1 Å². The van der Waals surface area contributed by atoms with Gasteiger partial charge in [-0.15, -0.1) is 0 Å². The van der Waals surface area contributed by atoms with Crippen molar-refractivity contribution in [2.75, 3.05) is 5.32 Å². The number of hydrogen-bond acceptors (Lipinski definition) is 2. The van der Waals surface area contributed by atoms with Gasteiger partial charge in [0.2, 0.25) is 0 Å². The second-order valence-electron chi connectivity index (χ2n) is 7.31. The molecule has 4 rings (SSSR count). The number of hydrogen-bond donors (Lipinski definition) is 2. The molecule has 0 saturated heterocycles. The Kier molecular flexibility index (Phi) is 4.66. The molecular weight excluding hydrogens is 318 g/mol. The third-order valence-corrected chi connectivity index (χ3v) is 5.67. The third-order valence-electron chi connectivity index (χ3n) is 5.67. The Bertz CT molecular complexity index is 836. The molecule has 2 N–H and O–H groups in total. The smallest absolute Gasteiger partial charge is 0.115 e. The highest BCUT2D eigenvalue weighted by molar-refractivity contribution is 5.49. The highest BCUT2D eigenvalue weighted by Gasteiger charge is 2.37. The number of para-hydroxylation sites is 1. The summed E-state index contributed by atoms with van der Waals surface area (Å²) >= 11 is 0. The maximum absolute atomic E-state index is 10.0. The predicted octanol–water partition coefficient (Wildman–Crippen LogP) is 6.06. The van der Waals surface area contributed by atoms with E-state index in [-0.39, 0.29) is 5.54 Å². The van der Waals surface area contributed by atoms with E-state index in [2.05, 4.69) is 66.0 Å². The number of benzene rings is 3. The second kappa shape index (κ2) is 7.25. The van der Waals surface area contributed by atoms with E-state index in [1.54, 1.807) is 6.07 Å². The molecule has 1 saturated carbocycles. The zero-order valence-electron chi connectivity index (χ0n) is 14.9. The SMILES string of the molecule is Oc1cccc(C2(Nc3ccccc3)CCC(c3ccccc3)CC2)c1. The molecule has 0 bridgehead atoms. The lowest BCUT2D eigenvalue weighted by Crippen LogP contribution is -2.39. The van der Waals surface area contributed by atoms with Crippen molar-refractivity contribution in [2.45, 2.75) is 37.1 Å². The Morgan fingerprint density at radius 2 is 1.42 bits per heavy atom. The lowest BCUT2D eigenvalue weighted by molar-refractivity contribution is 0.301. The Morgan fingerprint density at radius 1 is 0.769 bits per heavy atom. The first kappa shape index (κ1) is 16.7. The predicted molar refractivity (Wildman–Crippen MR) is 108 cm³/mol. The molecule has 0 amide bonds. The minimum atomic E-state index is -0.134. The molecule has 1 fully saturated rings. The molecule has 3 aromatic rings. The molecule has 0 radical (unpaired) electrons. The fourth-order valence-corrected chi connectivity index (χ4v) is 4.26. The molecule has 0 aromatic heterocycles. The quantitative estimate of drug-likeness (QED) is 0.604. The van der Waals surface area contributed by atoms with Crippen molar-refractivity contribution in [3.8, 4) is 5.75 Å². The number of rotatable bonds is 4. The highest BCUT2D eigenvalue weighted by Crippen LogP contribution is 2.45. The van der Waals surface area contributed by atoms with Crippen LogP contribution >= 0.6 is 0 Å². The van der Waals surface area contributed by atoms with E-state index >= 15 is 0 Å². The van der Waals surface area contributed by atoms with Gasteiger partial charge in [-0.2, -0.15) is 0 Å². The zero-order chi connectivity index (χ0) is 17.8. The van der Waals surface area contributed by atoms with Crippen LogP contribution in [0.15, 0.2) is 84.9 Å². The number of anilines is 1. The lowest BCUT2D eigenvalue weighted by Gasteiger charge is -2.42. The van der Waals surface area contributed by atoms with E-state index in [9.17, 15) is 5.11 Å². The van der Waals surface area contributed by atoms with Gasteiger partial charge in [-0.25, -0.2) is 0 Å². The molecule has 3 aromatic carbocycles. The summed E-state index contributed by atoms with van der Waals surface area (Å²) in [5.41, 5.74) is 3.62. The summed E-state index contributed by atoms with van der Waals surface area (Å²) in [6, 6.07) is 29.0. The van der Waals surface area contributed by atoms with E-state index < -0.39 is 0 Å². The topological polar surface area (TPSA) is 32.3 Å². The fourth-order valence-electron chi connectivity index (χ4n) is 4.26. The molecular formula is C24H25NO. The first-order chi connectivity index (χ1) is 12.8. The van der Waals surface area contributed by atoms with Gasteiger partial charge in [0.25, 0.3) is 0 Å². The summed E-state index contributed by atoms with van der Waals surface area (Å²) in [4.78, 5) is 0. The first-order valence-corrected chi connectivity index (χ1v) is 9.43. The molecule has 26 heavy (non-hydrogen) atoms. The molecule has 1 aliphatic rings. The third kappa shape index (κ3) is 3.45. The Morgan fingerprint density at radius 3 is 2.08 bits per heavy atom. The molecule has 2 nitrogen and oxygen atoms in total. The highest BCUT2D eigenvalue weighted by atomic mass is 16.3. The first-order valence-electron chi connectivity index (χ1n) is 9.43. The van der Waals surface area contributed by atoms with Gasteiger partial charge in [-0.05, 0) is 67.0 Å². The maximum Gasteiger partial charge on any atom is 0.115 e. The van der Waals surface area contributed by atoms with Crippen LogP contribution in [0.3, 0.4) is 0 Å². The summed E-state index contributed by atoms with van der Waals surface area (Å²) in [7, 11) is 0. The van der Waals surface area contributed by atoms with E-state index in [0.717, 1.165) is 31.4 Å². The average Bonchev–Trinajstić information content (AvgIpc) is 2.70. The van der Waals surface area contributed by atoms with Crippen LogP contribution in [0.25, 0.3) is 0 Å². The van der Waals surface area contributed by atoms with Crippen molar-refractivity contribution in [3.63, 3.8) is 0 Å². The molecule has 0 atom stereocenters. The summed E-state index contributed by atoms with van der Waals surface area (Å²) in [5, 5.41) is 13.8. The van der Waals surface area contributed by atoms with Gasteiger partial charge < -0.3 is 10.4 Å². The summed E-state index contributed by atoms with van der Waals surface area (Å²) < 4.78 is 0. The minimum Gasteiger partial charge on any atom is -0.508 e. The van der Waals surface area contributed by atoms with Gasteiger partial charge in [0, 0.05) is 5.69 Å². The molecule has 0 unspecified atom stereocenters. The number of aromatic hydroxyl groups is 1. The number of phenols is 1. The van der Waals surface area contributed by atoms with Gasteiger partial charge in [0.1, 0.15) is 5.75 Å². The number of nitrogens with one attached hydrogen (secondary N) is 1. The molecule has 1 aliphatic carbocycles. The van der Waals surface area contributed by atoms with Gasteiger partial charge in [0.15, 0.2) is 0 Å². The van der Waals surface area contributed by atoms with Crippen LogP contribution in [0.1, 0.15) is 42.7 Å². The van der Waals surface area contributed by atoms with Crippen LogP contribution in [0.4, 0.5) is 5.69 Å². The van der Waals surface area contributed by atoms with E-state index in [4.69, 9.17) is 0 Å². The molecule has 0 heterocycles. The summed E-state index contributed by atoms with van der Waals surface area (Å²) in [6.45, 7) is 0. The lowest BCUT2D eigenvalue weighted by atomic mass is 9.71. The Labute approximate surface area is 155 Å². The Balaban J connectivity index is 1.62. The fraction of sp³-hybridized carbons (Fsp3) is 0.250. The monoisotopic (exact) mass is 343 g/mol. The van der Waals surface area contributed by atoms with Crippen molar-refractivity contribution >= 4 is 5.69 Å². The van der Waals surface area contributed by atoms with Gasteiger partial charge in [-0.3, -0.25) is 0 Å². The average molecular weight is 343 g/mol. The largest absolute Gasteiger partial charge is 0.508 e. The normalized spacial score (nSPS) is 22.7. The van der Waals surface area contributed by atoms with Crippen molar-refractivity contribution in [2.24, 2.45) is 0 Å². The van der Waals surface area contributed by atoms with Crippen molar-refractivity contribution in [3.05, 3.63) is 96.1 Å². The summed E-state index contributed by atoms with van der Waals surface area (Å²) in [6.07, 6.45) is 4.37. The molecule has 0 aliphatic heterocycles. The zero-order valence-corrected chi connectivity index (χ0v) is 14.9. The van der Waals surface area contributed by atoms with Gasteiger partial charge in [-0.1, -0.05) is 60.7 Å². The Hall–Kier alpha value is -2.74. The van der Waals surface area contributed by atoms with Crippen LogP contribution in [0.2, 0.25) is 0 Å². The van der Waals surface area contributed by atoms with Crippen LogP contribution in [-0.2, 0) is 5.54 Å². The maximum atomic E-state index is 10.0. The van der Waals surface area contributed by atoms with Gasteiger partial charge in [0.05, 0.1) is 5.54 Å². The second-order valence-corrected chi connectivity index (χ2v) is 7.31. The standard InChI is InChI=1S/C24H25NO/c26-23-13-7-10-21(18-23)24(25-22-11-5-2-6-12-22)16-14-20(15-17-24)19-8-3-1-4-9-19/h1-13,18,20,25-26H,14-17H2. The van der Waals surface area contributed by atoms with Crippen LogP contribution < -0.4 is 5.32 Å². The van der Waals surface area contributed by atoms with Crippen LogP contribution in [0.5, 0.6) is 5.75 Å². The minimum absolute atomic E-state index is 0.134. The van der Waals surface area contributed by atoms with Crippen molar-refractivity contribution in [1.82, 2.24) is 0 Å². The summed E-state index contributed by atoms with van der Waals surface area (Å²) in [5.74, 6) is 0.945. The molecule has 132 valence electrons. The van der Waals surface area contributed by atoms with E-state index in [1.807, 2.05) is 18.2 Å². The van der Waals surface area contributed by atoms with Crippen LogP contribution in [0, 0.1) is 0 Å². The molecule has 2 heteroatoms. The van der Waals surface area contributed by atoms with Crippen molar-refractivity contribution < 1.29 is 5.11 Å². The van der Waals surface area contributed by atoms with Crippen molar-refractivity contribution in [1.29, 1.82) is 0 Å². The van der Waals surface area contributed by atoms with Crippen LogP contribution in [-0.4, -0.2) is 5.11 Å². The van der Waals surface area contributed by atoms with E-state index in [0.29, 0.717) is 11.7 Å².